The fourth-order valence-corrected chi connectivity index (χ4v) is 1.56. The molecule has 0 heterocycles. The highest BCUT2D eigenvalue weighted by molar-refractivity contribution is 5.94. The summed E-state index contributed by atoms with van der Waals surface area (Å²) in [5, 5.41) is 2.84. The lowest BCUT2D eigenvalue weighted by Crippen LogP contribution is -2.24. The summed E-state index contributed by atoms with van der Waals surface area (Å²) in [5.74, 6) is -0.227. The second kappa shape index (κ2) is 8.13. The number of hydrogen-bond acceptors (Lipinski definition) is 3. The fourth-order valence-electron chi connectivity index (χ4n) is 1.56. The molecule has 0 atom stereocenters. The minimum Gasteiger partial charge on any atom is -0.484 e. The van der Waals surface area contributed by atoms with Crippen LogP contribution >= 0.6 is 0 Å². The van der Waals surface area contributed by atoms with Crippen molar-refractivity contribution >= 4 is 11.8 Å². The van der Waals surface area contributed by atoms with Gasteiger partial charge in [0, 0.05) is 12.1 Å². The first-order valence-corrected chi connectivity index (χ1v) is 6.43. The minimum atomic E-state index is -0.547. The number of unbranched alkanes of at least 4 members (excludes halogenated alkanes) is 2. The Bertz CT molecular complexity index is 432. The Morgan fingerprint density at radius 1 is 1.32 bits per heavy atom. The highest BCUT2D eigenvalue weighted by atomic mass is 16.5. The number of nitrogens with two attached hydrogens (primary N) is 1. The first-order chi connectivity index (χ1) is 9.13. The fraction of sp³-hybridized carbons (Fsp3) is 0.429. The second-order valence-electron chi connectivity index (χ2n) is 4.25. The van der Waals surface area contributed by atoms with Crippen LogP contribution in [0.2, 0.25) is 0 Å². The molecule has 0 aliphatic rings. The Kier molecular flexibility index (Phi) is 6.43. The van der Waals surface area contributed by atoms with Crippen molar-refractivity contribution in [3.8, 4) is 5.75 Å². The molecule has 0 spiro atoms. The second-order valence-corrected chi connectivity index (χ2v) is 4.25. The van der Waals surface area contributed by atoms with Crippen molar-refractivity contribution in [2.75, 3.05) is 13.2 Å². The molecular formula is C14H20N2O3. The van der Waals surface area contributed by atoms with Crippen molar-refractivity contribution in [1.82, 2.24) is 5.32 Å². The van der Waals surface area contributed by atoms with E-state index in [9.17, 15) is 9.59 Å². The SMILES string of the molecule is CCCCCNC(=O)c1cccc(OCC(N)=O)c1. The topological polar surface area (TPSA) is 81.4 Å². The molecule has 0 bridgehead atoms. The van der Waals surface area contributed by atoms with Crippen LogP contribution in [0.5, 0.6) is 5.75 Å². The molecule has 5 nitrogen and oxygen atoms in total. The zero-order chi connectivity index (χ0) is 14.1. The van der Waals surface area contributed by atoms with Crippen molar-refractivity contribution in [2.24, 2.45) is 5.73 Å². The summed E-state index contributed by atoms with van der Waals surface area (Å²) in [6.07, 6.45) is 3.19. The Morgan fingerprint density at radius 2 is 2.11 bits per heavy atom. The quantitative estimate of drug-likeness (QED) is 0.698. The molecule has 0 unspecified atom stereocenters. The molecule has 0 fully saturated rings. The van der Waals surface area contributed by atoms with Gasteiger partial charge in [0.05, 0.1) is 0 Å². The molecule has 3 N–H and O–H groups in total. The van der Waals surface area contributed by atoms with Crippen LogP contribution < -0.4 is 15.8 Å². The van der Waals surface area contributed by atoms with Gasteiger partial charge in [-0.25, -0.2) is 0 Å². The largest absolute Gasteiger partial charge is 0.484 e. The number of nitrogens with one attached hydrogen (secondary N) is 1. The predicted molar refractivity (Wildman–Crippen MR) is 73.0 cm³/mol. The van der Waals surface area contributed by atoms with Crippen molar-refractivity contribution < 1.29 is 14.3 Å². The molecule has 104 valence electrons. The van der Waals surface area contributed by atoms with Gasteiger partial charge < -0.3 is 15.8 Å². The average Bonchev–Trinajstić information content (AvgIpc) is 2.41. The van der Waals surface area contributed by atoms with E-state index >= 15 is 0 Å². The Balaban J connectivity index is 2.50. The maximum atomic E-state index is 11.8. The summed E-state index contributed by atoms with van der Waals surface area (Å²) < 4.78 is 5.15. The summed E-state index contributed by atoms with van der Waals surface area (Å²) in [4.78, 5) is 22.5. The van der Waals surface area contributed by atoms with Crippen LogP contribution in [0.4, 0.5) is 0 Å². The molecular weight excluding hydrogens is 244 g/mol. The zero-order valence-electron chi connectivity index (χ0n) is 11.1. The number of benzene rings is 1. The summed E-state index contributed by atoms with van der Waals surface area (Å²) in [6, 6.07) is 6.68. The molecule has 2 amide bonds. The number of ether oxygens (including phenoxy) is 1. The Morgan fingerprint density at radius 3 is 2.79 bits per heavy atom. The molecule has 0 aliphatic carbocycles. The summed E-state index contributed by atoms with van der Waals surface area (Å²) in [6.45, 7) is 2.59. The van der Waals surface area contributed by atoms with Crippen LogP contribution in [0.1, 0.15) is 36.5 Å². The minimum absolute atomic E-state index is 0.138. The molecule has 0 saturated heterocycles. The number of primary amides is 1. The Labute approximate surface area is 113 Å². The van der Waals surface area contributed by atoms with Gasteiger partial charge in [-0.15, -0.1) is 0 Å². The Hall–Kier alpha value is -2.04. The van der Waals surface area contributed by atoms with E-state index in [1.165, 1.54) is 0 Å². The summed E-state index contributed by atoms with van der Waals surface area (Å²) in [5.41, 5.74) is 5.50. The van der Waals surface area contributed by atoms with E-state index in [2.05, 4.69) is 12.2 Å². The van der Waals surface area contributed by atoms with E-state index in [0.717, 1.165) is 19.3 Å². The van der Waals surface area contributed by atoms with Crippen LogP contribution in [0.3, 0.4) is 0 Å². The molecule has 5 heteroatoms. The van der Waals surface area contributed by atoms with E-state index in [0.29, 0.717) is 17.9 Å². The molecule has 0 aromatic heterocycles. The molecule has 1 aromatic carbocycles. The van der Waals surface area contributed by atoms with Gasteiger partial charge >= 0.3 is 0 Å². The van der Waals surface area contributed by atoms with Crippen LogP contribution in [-0.4, -0.2) is 25.0 Å². The lowest BCUT2D eigenvalue weighted by atomic mass is 10.2. The lowest BCUT2D eigenvalue weighted by molar-refractivity contribution is -0.119. The van der Waals surface area contributed by atoms with Crippen molar-refractivity contribution in [3.63, 3.8) is 0 Å². The molecule has 0 saturated carbocycles. The van der Waals surface area contributed by atoms with Crippen LogP contribution in [-0.2, 0) is 4.79 Å². The maximum Gasteiger partial charge on any atom is 0.255 e. The van der Waals surface area contributed by atoms with E-state index in [4.69, 9.17) is 10.5 Å². The van der Waals surface area contributed by atoms with Crippen molar-refractivity contribution in [2.45, 2.75) is 26.2 Å². The molecule has 1 rings (SSSR count). The van der Waals surface area contributed by atoms with Gasteiger partial charge in [-0.2, -0.15) is 0 Å². The predicted octanol–water partition coefficient (Wildman–Crippen LogP) is 1.47. The first kappa shape index (κ1) is 15.0. The van der Waals surface area contributed by atoms with E-state index in [-0.39, 0.29) is 12.5 Å². The average molecular weight is 264 g/mol. The maximum absolute atomic E-state index is 11.8. The third-order valence-corrected chi connectivity index (χ3v) is 2.54. The normalized spacial score (nSPS) is 9.95. The van der Waals surface area contributed by atoms with Crippen LogP contribution in [0.25, 0.3) is 0 Å². The van der Waals surface area contributed by atoms with Crippen molar-refractivity contribution in [3.05, 3.63) is 29.8 Å². The van der Waals surface area contributed by atoms with Gasteiger partial charge in [-0.05, 0) is 24.6 Å². The third-order valence-electron chi connectivity index (χ3n) is 2.54. The van der Waals surface area contributed by atoms with E-state index in [1.807, 2.05) is 0 Å². The van der Waals surface area contributed by atoms with E-state index in [1.54, 1.807) is 24.3 Å². The van der Waals surface area contributed by atoms with Crippen molar-refractivity contribution in [1.29, 1.82) is 0 Å². The number of carbonyl (C=O) groups excluding carboxylic acids is 2. The molecule has 19 heavy (non-hydrogen) atoms. The molecule has 0 radical (unpaired) electrons. The van der Waals surface area contributed by atoms with Gasteiger partial charge in [-0.1, -0.05) is 25.8 Å². The van der Waals surface area contributed by atoms with Crippen LogP contribution in [0.15, 0.2) is 24.3 Å². The van der Waals surface area contributed by atoms with Gasteiger partial charge in [-0.3, -0.25) is 9.59 Å². The summed E-state index contributed by atoms with van der Waals surface area (Å²) >= 11 is 0. The molecule has 1 aromatic rings. The smallest absolute Gasteiger partial charge is 0.255 e. The number of hydrogen-bond donors (Lipinski definition) is 2. The monoisotopic (exact) mass is 264 g/mol. The number of carbonyl (C=O) groups is 2. The zero-order valence-corrected chi connectivity index (χ0v) is 11.1. The lowest BCUT2D eigenvalue weighted by Gasteiger charge is -2.07. The van der Waals surface area contributed by atoms with Gasteiger partial charge in [0.2, 0.25) is 0 Å². The number of amides is 2. The highest BCUT2D eigenvalue weighted by Gasteiger charge is 2.06. The van der Waals surface area contributed by atoms with Crippen LogP contribution in [0, 0.1) is 0 Å². The standard InChI is InChI=1S/C14H20N2O3/c1-2-3-4-8-16-14(18)11-6-5-7-12(9-11)19-10-13(15)17/h5-7,9H,2-4,8,10H2,1H3,(H2,15,17)(H,16,18). The van der Waals surface area contributed by atoms with Gasteiger partial charge in [0.25, 0.3) is 11.8 Å². The number of rotatable bonds is 8. The van der Waals surface area contributed by atoms with Gasteiger partial charge in [0.15, 0.2) is 6.61 Å². The first-order valence-electron chi connectivity index (χ1n) is 6.43. The highest BCUT2D eigenvalue weighted by Crippen LogP contribution is 2.13. The third kappa shape index (κ3) is 5.90. The van der Waals surface area contributed by atoms with Gasteiger partial charge in [0.1, 0.15) is 5.75 Å². The summed E-state index contributed by atoms with van der Waals surface area (Å²) in [7, 11) is 0. The molecule has 0 aliphatic heterocycles. The van der Waals surface area contributed by atoms with E-state index < -0.39 is 5.91 Å².